The molecule has 0 spiro atoms. The highest BCUT2D eigenvalue weighted by molar-refractivity contribution is 5.75. The summed E-state index contributed by atoms with van der Waals surface area (Å²) in [5.74, 6) is 1.62. The molecule has 124 valence electrons. The van der Waals surface area contributed by atoms with Crippen molar-refractivity contribution in [3.05, 3.63) is 0 Å². The number of ether oxygens (including phenoxy) is 1. The van der Waals surface area contributed by atoms with Crippen LogP contribution >= 0.6 is 0 Å². The third-order valence-corrected chi connectivity index (χ3v) is 6.23. The van der Waals surface area contributed by atoms with Gasteiger partial charge in [0.15, 0.2) is 0 Å². The Morgan fingerprint density at radius 3 is 2.86 bits per heavy atom. The quantitative estimate of drug-likeness (QED) is 0.817. The molecule has 5 nitrogen and oxygen atoms in total. The number of nitrogens with zero attached hydrogens (tertiary/aromatic N) is 1. The number of rotatable bonds is 2. The van der Waals surface area contributed by atoms with E-state index in [1.807, 2.05) is 0 Å². The van der Waals surface area contributed by atoms with Crippen LogP contribution in [0.5, 0.6) is 0 Å². The average Bonchev–Trinajstić information content (AvgIpc) is 3.26. The number of hydrogen-bond acceptors (Lipinski definition) is 3. The van der Waals surface area contributed by atoms with Gasteiger partial charge in [-0.05, 0) is 69.9 Å². The van der Waals surface area contributed by atoms with Crippen LogP contribution in [0.1, 0.15) is 44.9 Å². The van der Waals surface area contributed by atoms with Crippen LogP contribution in [0.3, 0.4) is 0 Å². The molecule has 0 radical (unpaired) electrons. The van der Waals surface area contributed by atoms with Gasteiger partial charge >= 0.3 is 6.03 Å². The first kappa shape index (κ1) is 14.8. The van der Waals surface area contributed by atoms with Gasteiger partial charge in [-0.3, -0.25) is 0 Å². The zero-order valence-corrected chi connectivity index (χ0v) is 13.4. The fourth-order valence-corrected chi connectivity index (χ4v) is 5.03. The van der Waals surface area contributed by atoms with E-state index in [1.54, 1.807) is 0 Å². The van der Waals surface area contributed by atoms with Crippen molar-refractivity contribution in [3.8, 4) is 0 Å². The monoisotopic (exact) mass is 307 g/mol. The summed E-state index contributed by atoms with van der Waals surface area (Å²) in [7, 11) is 0. The largest absolute Gasteiger partial charge is 0.376 e. The molecule has 5 heteroatoms. The molecule has 5 unspecified atom stereocenters. The average molecular weight is 307 g/mol. The van der Waals surface area contributed by atoms with Crippen molar-refractivity contribution in [2.45, 2.75) is 63.1 Å². The van der Waals surface area contributed by atoms with Crippen LogP contribution in [0.2, 0.25) is 0 Å². The highest BCUT2D eigenvalue weighted by Gasteiger charge is 2.39. The number of urea groups is 1. The van der Waals surface area contributed by atoms with E-state index in [-0.39, 0.29) is 12.1 Å². The second kappa shape index (κ2) is 6.36. The summed E-state index contributed by atoms with van der Waals surface area (Å²) in [6.45, 7) is 4.09. The van der Waals surface area contributed by atoms with Gasteiger partial charge in [0, 0.05) is 19.2 Å². The Morgan fingerprint density at radius 2 is 2.00 bits per heavy atom. The van der Waals surface area contributed by atoms with E-state index in [0.29, 0.717) is 12.1 Å². The van der Waals surface area contributed by atoms with Crippen molar-refractivity contribution in [2.75, 3.05) is 26.2 Å². The van der Waals surface area contributed by atoms with Crippen LogP contribution < -0.4 is 10.6 Å². The third-order valence-electron chi connectivity index (χ3n) is 6.23. The van der Waals surface area contributed by atoms with Crippen molar-refractivity contribution in [2.24, 2.45) is 11.8 Å². The van der Waals surface area contributed by atoms with Crippen LogP contribution in [-0.4, -0.2) is 55.4 Å². The standard InChI is InChI=1S/C17H29N3O2/c21-17(19-14-6-5-12-10-18-11-13(12)9-14)20-7-1-3-15(20)16-4-2-8-22-16/h12-16,18H,1-11H2,(H,19,21). The van der Waals surface area contributed by atoms with Gasteiger partial charge in [-0.15, -0.1) is 0 Å². The van der Waals surface area contributed by atoms with E-state index >= 15 is 0 Å². The Bertz CT molecular complexity index is 411. The van der Waals surface area contributed by atoms with Gasteiger partial charge in [0.2, 0.25) is 0 Å². The summed E-state index contributed by atoms with van der Waals surface area (Å²) in [5, 5.41) is 6.83. The molecule has 4 aliphatic rings. The van der Waals surface area contributed by atoms with Crippen molar-refractivity contribution in [1.29, 1.82) is 0 Å². The fourth-order valence-electron chi connectivity index (χ4n) is 5.03. The molecule has 3 aliphatic heterocycles. The zero-order chi connectivity index (χ0) is 14.9. The van der Waals surface area contributed by atoms with Gasteiger partial charge < -0.3 is 20.3 Å². The minimum atomic E-state index is 0.160. The van der Waals surface area contributed by atoms with Crippen LogP contribution in [0.15, 0.2) is 0 Å². The van der Waals surface area contributed by atoms with Gasteiger partial charge in [-0.1, -0.05) is 0 Å². The van der Waals surface area contributed by atoms with Gasteiger partial charge in [-0.2, -0.15) is 0 Å². The van der Waals surface area contributed by atoms with Gasteiger partial charge in [0.1, 0.15) is 0 Å². The van der Waals surface area contributed by atoms with E-state index in [1.165, 1.54) is 13.0 Å². The lowest BCUT2D eigenvalue weighted by Gasteiger charge is -2.34. The summed E-state index contributed by atoms with van der Waals surface area (Å²) in [6, 6.07) is 0.846. The number of amides is 2. The fraction of sp³-hybridized carbons (Fsp3) is 0.941. The Morgan fingerprint density at radius 1 is 1.09 bits per heavy atom. The molecule has 2 N–H and O–H groups in total. The van der Waals surface area contributed by atoms with Gasteiger partial charge in [0.25, 0.3) is 0 Å². The van der Waals surface area contributed by atoms with Crippen molar-refractivity contribution >= 4 is 6.03 Å². The normalized spacial score (nSPS) is 41.6. The molecule has 3 saturated heterocycles. The van der Waals surface area contributed by atoms with E-state index in [0.717, 1.165) is 70.1 Å². The highest BCUT2D eigenvalue weighted by atomic mass is 16.5. The first-order valence-electron chi connectivity index (χ1n) is 9.20. The maximum Gasteiger partial charge on any atom is 0.317 e. The topological polar surface area (TPSA) is 53.6 Å². The Hall–Kier alpha value is -0.810. The maximum atomic E-state index is 12.7. The molecule has 5 atom stereocenters. The molecular formula is C17H29N3O2. The van der Waals surface area contributed by atoms with Crippen LogP contribution in [0, 0.1) is 11.8 Å². The minimum absolute atomic E-state index is 0.160. The summed E-state index contributed by atoms with van der Waals surface area (Å²) < 4.78 is 5.83. The second-order valence-electron chi connectivity index (χ2n) is 7.59. The molecular weight excluding hydrogens is 278 g/mol. The number of fused-ring (bicyclic) bond motifs is 1. The summed E-state index contributed by atoms with van der Waals surface area (Å²) in [5.41, 5.74) is 0. The summed E-state index contributed by atoms with van der Waals surface area (Å²) in [6.07, 6.45) is 8.34. The van der Waals surface area contributed by atoms with E-state index in [2.05, 4.69) is 15.5 Å². The number of hydrogen-bond donors (Lipinski definition) is 2. The number of likely N-dealkylation sites (tertiary alicyclic amines) is 1. The molecule has 0 aromatic rings. The first-order valence-corrected chi connectivity index (χ1v) is 9.20. The lowest BCUT2D eigenvalue weighted by Crippen LogP contribution is -2.51. The van der Waals surface area contributed by atoms with E-state index in [4.69, 9.17) is 4.74 Å². The van der Waals surface area contributed by atoms with Crippen LogP contribution in [-0.2, 0) is 4.74 Å². The summed E-state index contributed by atoms with van der Waals surface area (Å²) >= 11 is 0. The van der Waals surface area contributed by atoms with Crippen LogP contribution in [0.25, 0.3) is 0 Å². The minimum Gasteiger partial charge on any atom is -0.376 e. The molecule has 1 saturated carbocycles. The summed E-state index contributed by atoms with van der Waals surface area (Å²) in [4.78, 5) is 14.8. The zero-order valence-electron chi connectivity index (χ0n) is 13.4. The molecule has 4 fully saturated rings. The molecule has 3 heterocycles. The van der Waals surface area contributed by atoms with E-state index in [9.17, 15) is 4.79 Å². The smallest absolute Gasteiger partial charge is 0.317 e. The molecule has 0 aromatic heterocycles. The molecule has 22 heavy (non-hydrogen) atoms. The van der Waals surface area contributed by atoms with Crippen molar-refractivity contribution in [1.82, 2.24) is 15.5 Å². The van der Waals surface area contributed by atoms with Gasteiger partial charge in [0.05, 0.1) is 12.1 Å². The second-order valence-corrected chi connectivity index (χ2v) is 7.59. The molecule has 0 bridgehead atoms. The number of carbonyl (C=O) groups excluding carboxylic acids is 1. The Labute approximate surface area is 133 Å². The number of carbonyl (C=O) groups is 1. The van der Waals surface area contributed by atoms with Crippen molar-refractivity contribution < 1.29 is 9.53 Å². The predicted molar refractivity (Wildman–Crippen MR) is 84.7 cm³/mol. The number of nitrogens with one attached hydrogen (secondary N) is 2. The predicted octanol–water partition coefficient (Wildman–Crippen LogP) is 1.73. The Balaban J connectivity index is 1.33. The van der Waals surface area contributed by atoms with Crippen LogP contribution in [0.4, 0.5) is 4.79 Å². The first-order chi connectivity index (χ1) is 10.8. The Kier molecular flexibility index (Phi) is 4.27. The maximum absolute atomic E-state index is 12.7. The molecule has 4 rings (SSSR count). The van der Waals surface area contributed by atoms with E-state index < -0.39 is 0 Å². The molecule has 2 amide bonds. The molecule has 1 aliphatic carbocycles. The van der Waals surface area contributed by atoms with Gasteiger partial charge in [-0.25, -0.2) is 4.79 Å². The highest BCUT2D eigenvalue weighted by Crippen LogP contribution is 2.33. The lowest BCUT2D eigenvalue weighted by molar-refractivity contribution is 0.0511. The SMILES string of the molecule is O=C(NC1CCC2CNCC2C1)N1CCCC1C1CCCO1. The lowest BCUT2D eigenvalue weighted by atomic mass is 9.79. The van der Waals surface area contributed by atoms with Crippen molar-refractivity contribution in [3.63, 3.8) is 0 Å². The molecule has 0 aromatic carbocycles. The third kappa shape index (κ3) is 2.85.